The van der Waals surface area contributed by atoms with E-state index in [2.05, 4.69) is 78.4 Å². The summed E-state index contributed by atoms with van der Waals surface area (Å²) in [5, 5.41) is 58.5. The van der Waals surface area contributed by atoms with Crippen molar-refractivity contribution >= 4 is 76.8 Å². The number of phenols is 3. The van der Waals surface area contributed by atoms with Crippen LogP contribution in [-0.2, 0) is 94.4 Å². The second kappa shape index (κ2) is 42.5. The third-order valence-electron chi connectivity index (χ3n) is 18.0. The third-order valence-corrected chi connectivity index (χ3v) is 18.0. The van der Waals surface area contributed by atoms with Crippen LogP contribution < -0.4 is 75.7 Å². The van der Waals surface area contributed by atoms with Gasteiger partial charge in [-0.3, -0.25) is 62.3 Å². The lowest BCUT2D eigenvalue weighted by atomic mass is 9.96. The Morgan fingerprint density at radius 1 is 0.430 bits per heavy atom. The first-order valence-electron chi connectivity index (χ1n) is 35.6. The van der Waals surface area contributed by atoms with Gasteiger partial charge in [-0.05, 0) is 122 Å². The zero-order valence-corrected chi connectivity index (χ0v) is 61.7. The second-order valence-corrected chi connectivity index (χ2v) is 27.5. The van der Waals surface area contributed by atoms with E-state index < -0.39 is 174 Å². The van der Waals surface area contributed by atoms with Crippen molar-refractivity contribution in [3.63, 3.8) is 0 Å². The molecule has 0 aliphatic rings. The van der Waals surface area contributed by atoms with Gasteiger partial charge in [-0.2, -0.15) is 0 Å². The molecule has 2 heterocycles. The number of aromatic hydroxyl groups is 3. The maximum Gasteiger partial charge on any atom is 0.243 e. The van der Waals surface area contributed by atoms with Crippen LogP contribution in [0.4, 0.5) is 0 Å². The van der Waals surface area contributed by atoms with E-state index in [-0.39, 0.29) is 74.5 Å². The van der Waals surface area contributed by atoms with Gasteiger partial charge in [0, 0.05) is 36.6 Å². The number of aromatic nitrogens is 4. The Balaban J connectivity index is 1.26. The number of primary amides is 2. The first kappa shape index (κ1) is 86.2. The molecule has 5 aromatic rings. The first-order valence-corrected chi connectivity index (χ1v) is 35.6. The van der Waals surface area contributed by atoms with Crippen molar-refractivity contribution in [2.24, 2.45) is 40.9 Å². The molecule has 0 saturated carbocycles. The molecule has 2 aromatic heterocycles. The van der Waals surface area contributed by atoms with Crippen LogP contribution in [0.15, 0.2) is 97.8 Å². The molecule has 13 amide bonds. The number of H-pyrrole nitrogens is 2. The molecule has 0 fully saturated rings. The number of carbonyl (C=O) groups excluding carboxylic acids is 13. The number of carbonyl (C=O) groups is 13. The first-order chi connectivity index (χ1) is 50.6. The van der Waals surface area contributed by atoms with Gasteiger partial charge in [-0.1, -0.05) is 105 Å². The average Bonchev–Trinajstić information content (AvgIpc) is 1.38. The number of phenolic OH excluding ortho intramolecular Hbond substituents is 3. The smallest absolute Gasteiger partial charge is 0.243 e. The molecule has 0 radical (unpaired) electrons. The van der Waals surface area contributed by atoms with Gasteiger partial charge in [0.15, 0.2) is 0 Å². The molecule has 22 N–H and O–H groups in total. The Labute approximate surface area is 620 Å². The summed E-state index contributed by atoms with van der Waals surface area (Å²) in [4.78, 5) is 194. The molecule has 5 rings (SSSR count). The van der Waals surface area contributed by atoms with Crippen LogP contribution in [-0.4, -0.2) is 185 Å². The highest BCUT2D eigenvalue weighted by Gasteiger charge is 2.38. The molecule has 107 heavy (non-hydrogen) atoms. The minimum Gasteiger partial charge on any atom is -0.508 e. The van der Waals surface area contributed by atoms with Crippen molar-refractivity contribution in [1.82, 2.24) is 78.4 Å². The van der Waals surface area contributed by atoms with Crippen molar-refractivity contribution in [1.29, 1.82) is 0 Å². The normalized spacial score (nSPS) is 14.9. The maximum absolute atomic E-state index is 14.7. The van der Waals surface area contributed by atoms with Crippen molar-refractivity contribution in [3.8, 4) is 17.2 Å². The molecule has 0 aliphatic heterocycles. The molecular weight excluding hydrogens is 1380 g/mol. The minimum absolute atomic E-state index is 0.00259. The van der Waals surface area contributed by atoms with E-state index in [1.165, 1.54) is 80.5 Å². The van der Waals surface area contributed by atoms with Gasteiger partial charge in [0.2, 0.25) is 76.8 Å². The molecule has 582 valence electrons. The van der Waals surface area contributed by atoms with Crippen LogP contribution in [0.25, 0.3) is 0 Å². The Bertz CT molecular complexity index is 3780. The lowest BCUT2D eigenvalue weighted by Crippen LogP contribution is -2.61. The average molecular weight is 1490 g/mol. The largest absolute Gasteiger partial charge is 0.508 e. The van der Waals surface area contributed by atoms with Crippen LogP contribution in [0, 0.1) is 23.7 Å². The minimum atomic E-state index is -1.74. The number of nitrogens with zero attached hydrogens (tertiary/aromatic N) is 2. The van der Waals surface area contributed by atoms with Gasteiger partial charge in [0.25, 0.3) is 0 Å². The number of aryl methyl sites for hydroxylation is 2. The van der Waals surface area contributed by atoms with E-state index in [0.717, 1.165) is 0 Å². The van der Waals surface area contributed by atoms with Crippen molar-refractivity contribution in [3.05, 3.63) is 126 Å². The van der Waals surface area contributed by atoms with Crippen LogP contribution in [0.3, 0.4) is 0 Å². The van der Waals surface area contributed by atoms with E-state index in [1.54, 1.807) is 79.7 Å². The standard InChI is InChI=1S/C73H104N18O16/c1-10-40(7)61(90-65(99)51(74)29-44-14-22-49(93)23-15-44)72(106)84-52(26-18-43-12-20-48(92)21-13-43)67(101)88-57(32-58(75)95)70(104)89-60(39(5)6)71(105)82-42(9)64(98)79-35-59(96)83-55(28-38(3)4)68(102)87-56(30-45-16-24-50(94)25-17-45)69(103)91-62(41(8)11-2)73(107)85-53(27-19-46-33-77-36-80-46)66(100)86-54(63(76)97)31-47-34-78-37-81-47/h12-17,20-25,33-34,36-42,51-57,60-62,92-94H,10-11,18-19,26-32,35,74H2,1-9H3,(H2,75,95)(H2,76,97)(H,77,80)(H,78,81)(H,79,98)(H,82,105)(H,83,96)(H,84,106)(H,85,107)(H,86,100)(H,87,102)(H,88,101)(H,89,104)(H,90,99)(H,91,103)/t40-,41-,42-,51-,52-,53-,54-,55-,56-,57-,60-,61-,62-/m1/s1. The zero-order chi connectivity index (χ0) is 79.2. The predicted octanol–water partition coefficient (Wildman–Crippen LogP) is -0.991. The fraction of sp³-hybridized carbons (Fsp3) is 0.493. The van der Waals surface area contributed by atoms with Crippen LogP contribution >= 0.6 is 0 Å². The van der Waals surface area contributed by atoms with Gasteiger partial charge in [-0.25, -0.2) is 9.97 Å². The van der Waals surface area contributed by atoms with Gasteiger partial charge in [-0.15, -0.1) is 0 Å². The topological polar surface area (TPSA) is 550 Å². The molecular formula is C73H104N18O16. The number of nitrogens with two attached hydrogens (primary N) is 3. The molecule has 13 atom stereocenters. The molecule has 0 bridgehead atoms. The van der Waals surface area contributed by atoms with Gasteiger partial charge < -0.3 is 101 Å². The fourth-order valence-corrected chi connectivity index (χ4v) is 11.2. The summed E-state index contributed by atoms with van der Waals surface area (Å²) in [6.07, 6.45) is 5.83. The lowest BCUT2D eigenvalue weighted by molar-refractivity contribution is -0.137. The van der Waals surface area contributed by atoms with E-state index >= 15 is 0 Å². The van der Waals surface area contributed by atoms with Crippen molar-refractivity contribution in [2.75, 3.05) is 6.54 Å². The summed E-state index contributed by atoms with van der Waals surface area (Å²) in [7, 11) is 0. The third kappa shape index (κ3) is 28.8. The number of benzene rings is 3. The summed E-state index contributed by atoms with van der Waals surface area (Å²) in [5.41, 5.74) is 20.4. The lowest BCUT2D eigenvalue weighted by Gasteiger charge is -2.29. The summed E-state index contributed by atoms with van der Waals surface area (Å²) in [6.45, 7) is 14.1. The van der Waals surface area contributed by atoms with Crippen LogP contribution in [0.5, 0.6) is 17.2 Å². The predicted molar refractivity (Wildman–Crippen MR) is 391 cm³/mol. The van der Waals surface area contributed by atoms with E-state index in [4.69, 9.17) is 17.2 Å². The SMILES string of the molecule is CC[C@@H](C)[C@@H](NC(=O)[C@H](N)Cc1ccc(O)cc1)C(=O)N[C@H](CCc1ccc(O)cc1)C(=O)N[C@H](CC(N)=O)C(=O)N[C@@H](C(=O)N[C@H](C)C(=O)NCC(=O)N[C@H](CC(C)C)C(=O)N[C@H](Cc1ccc(O)cc1)C(=O)N[C@@H](C(=O)N[C@H](CCc1cnc[nH]1)C(=O)N[C@H](Cc1cnc[nH]1)C(N)=O)[C@H](C)CC)C(C)C. The van der Waals surface area contributed by atoms with Gasteiger partial charge in [0.1, 0.15) is 77.7 Å². The van der Waals surface area contributed by atoms with E-state index in [0.29, 0.717) is 40.9 Å². The molecule has 0 saturated heterocycles. The Kier molecular flexibility index (Phi) is 34.2. The summed E-state index contributed by atoms with van der Waals surface area (Å²) in [5.74, 6) is -13.5. The van der Waals surface area contributed by atoms with E-state index in [9.17, 15) is 77.6 Å². The number of aromatic amines is 2. The van der Waals surface area contributed by atoms with Crippen LogP contribution in [0.2, 0.25) is 0 Å². The quantitative estimate of drug-likeness (QED) is 0.0223. The monoisotopic (exact) mass is 1490 g/mol. The summed E-state index contributed by atoms with van der Waals surface area (Å²) >= 11 is 0. The van der Waals surface area contributed by atoms with E-state index in [1.807, 2.05) is 0 Å². The molecule has 0 aliphatic carbocycles. The highest BCUT2D eigenvalue weighted by molar-refractivity contribution is 6.00. The molecule has 0 spiro atoms. The zero-order valence-electron chi connectivity index (χ0n) is 61.7. The highest BCUT2D eigenvalue weighted by Crippen LogP contribution is 2.19. The van der Waals surface area contributed by atoms with Gasteiger partial charge >= 0.3 is 0 Å². The maximum atomic E-state index is 14.7. The summed E-state index contributed by atoms with van der Waals surface area (Å²) in [6, 6.07) is 2.88. The molecule has 0 unspecified atom stereocenters. The summed E-state index contributed by atoms with van der Waals surface area (Å²) < 4.78 is 0. The fourth-order valence-electron chi connectivity index (χ4n) is 11.2. The van der Waals surface area contributed by atoms with Crippen LogP contribution in [0.1, 0.15) is 129 Å². The Morgan fingerprint density at radius 3 is 1.33 bits per heavy atom. The number of hydrogen-bond acceptors (Lipinski definition) is 19. The number of hydrogen-bond donors (Lipinski definition) is 19. The molecule has 34 nitrogen and oxygen atoms in total. The highest BCUT2D eigenvalue weighted by atomic mass is 16.3. The number of rotatable bonds is 44. The number of imidazole rings is 2. The number of amides is 13. The second-order valence-electron chi connectivity index (χ2n) is 27.5. The van der Waals surface area contributed by atoms with Crippen molar-refractivity contribution in [2.45, 2.75) is 199 Å². The Hall–Kier alpha value is -11.4. The molecule has 34 heteroatoms. The van der Waals surface area contributed by atoms with Gasteiger partial charge in [0.05, 0.1) is 31.7 Å². The Morgan fingerprint density at radius 2 is 0.850 bits per heavy atom. The molecule has 3 aromatic carbocycles. The number of nitrogens with one attached hydrogen (secondary N) is 13. The van der Waals surface area contributed by atoms with Crippen molar-refractivity contribution < 1.29 is 77.6 Å².